The monoisotopic (exact) mass is 498 g/mol. The maximum absolute atomic E-state index is 6.27. The molecule has 10 heteroatoms. The number of hydrogen-bond acceptors (Lipinski definition) is 10. The fourth-order valence-electron chi connectivity index (χ4n) is 5.52. The number of fused-ring (bicyclic) bond motifs is 2. The highest BCUT2D eigenvalue weighted by molar-refractivity contribution is 5.99. The number of anilines is 4. The molecular formula is C27H34N10. The molecule has 0 saturated carbocycles. The molecular weight excluding hydrogens is 464 g/mol. The highest BCUT2D eigenvalue weighted by Crippen LogP contribution is 2.28. The second kappa shape index (κ2) is 9.71. The second-order valence-electron chi connectivity index (χ2n) is 10.5. The first kappa shape index (κ1) is 23.8. The fraction of sp³-hybridized carbons (Fsp3) is 0.370. The number of benzene rings is 3. The Hall–Kier alpha value is -3.57. The SMILES string of the molecule is N[C@@H]1C[C@H](N)CN(c2nc(Nc3ccc4cc5ccccc5cc4c3)nc(N3C[C@H](N)C[C@H](N)C3)n2)C1. The van der Waals surface area contributed by atoms with Gasteiger partial charge in [0.2, 0.25) is 17.8 Å². The van der Waals surface area contributed by atoms with Crippen LogP contribution in [0, 0.1) is 0 Å². The van der Waals surface area contributed by atoms with E-state index in [1.54, 1.807) is 0 Å². The van der Waals surface area contributed by atoms with Crippen LogP contribution in [0.3, 0.4) is 0 Å². The van der Waals surface area contributed by atoms with E-state index in [0.29, 0.717) is 44.0 Å². The summed E-state index contributed by atoms with van der Waals surface area (Å²) in [5.74, 6) is 1.57. The molecule has 37 heavy (non-hydrogen) atoms. The Labute approximate surface area is 216 Å². The molecule has 2 fully saturated rings. The Kier molecular flexibility index (Phi) is 6.25. The summed E-state index contributed by atoms with van der Waals surface area (Å²) in [6.45, 7) is 2.55. The topological polar surface area (TPSA) is 161 Å². The van der Waals surface area contributed by atoms with Crippen molar-refractivity contribution in [3.8, 4) is 0 Å². The third kappa shape index (κ3) is 5.14. The van der Waals surface area contributed by atoms with Gasteiger partial charge in [0.15, 0.2) is 0 Å². The van der Waals surface area contributed by atoms with Gasteiger partial charge in [0.1, 0.15) is 0 Å². The molecule has 0 amide bonds. The van der Waals surface area contributed by atoms with Crippen LogP contribution in [-0.2, 0) is 0 Å². The standard InChI is InChI=1S/C27H34N10/c28-20-10-21(29)13-36(12-20)26-33-25(34-27(35-26)37-14-22(30)11-23(31)15-37)32-24-6-5-18-7-16-3-1-2-4-17(16)8-19(18)9-24/h1-9,20-23H,10-15,28-31H2,(H,32,33,34,35)/t20-,21+,22-,23+. The minimum absolute atomic E-state index is 0.0347. The van der Waals surface area contributed by atoms with Crippen molar-refractivity contribution in [1.82, 2.24) is 15.0 Å². The number of piperidine rings is 2. The fourth-order valence-corrected chi connectivity index (χ4v) is 5.52. The third-order valence-corrected chi connectivity index (χ3v) is 7.17. The van der Waals surface area contributed by atoms with Crippen molar-refractivity contribution < 1.29 is 0 Å². The predicted molar refractivity (Wildman–Crippen MR) is 150 cm³/mol. The summed E-state index contributed by atoms with van der Waals surface area (Å²) in [5, 5.41) is 8.14. The molecule has 0 radical (unpaired) electrons. The van der Waals surface area contributed by atoms with Crippen LogP contribution in [0.25, 0.3) is 21.5 Å². The number of aromatic nitrogens is 3. The average Bonchev–Trinajstić information content (AvgIpc) is 2.86. The average molecular weight is 499 g/mol. The van der Waals surface area contributed by atoms with E-state index >= 15 is 0 Å². The van der Waals surface area contributed by atoms with E-state index < -0.39 is 0 Å². The molecule has 192 valence electrons. The molecule has 2 saturated heterocycles. The molecule has 0 aliphatic carbocycles. The molecule has 3 heterocycles. The summed E-state index contributed by atoms with van der Waals surface area (Å²) in [7, 11) is 0. The molecule has 3 aromatic carbocycles. The van der Waals surface area contributed by atoms with Crippen molar-refractivity contribution in [2.45, 2.75) is 37.0 Å². The van der Waals surface area contributed by atoms with Crippen molar-refractivity contribution in [2.75, 3.05) is 41.3 Å². The smallest absolute Gasteiger partial charge is 0.233 e. The van der Waals surface area contributed by atoms with Crippen LogP contribution in [0.2, 0.25) is 0 Å². The molecule has 0 spiro atoms. The molecule has 0 bridgehead atoms. The zero-order chi connectivity index (χ0) is 25.5. The van der Waals surface area contributed by atoms with E-state index in [-0.39, 0.29) is 24.2 Å². The zero-order valence-corrected chi connectivity index (χ0v) is 20.8. The summed E-state index contributed by atoms with van der Waals surface area (Å²) in [6.07, 6.45) is 1.56. The Balaban J connectivity index is 1.36. The Morgan fingerprint density at radius 1 is 0.595 bits per heavy atom. The Morgan fingerprint density at radius 2 is 1.08 bits per heavy atom. The van der Waals surface area contributed by atoms with Gasteiger partial charge < -0.3 is 38.1 Å². The van der Waals surface area contributed by atoms with Crippen molar-refractivity contribution in [3.05, 3.63) is 54.6 Å². The van der Waals surface area contributed by atoms with Crippen LogP contribution in [0.5, 0.6) is 0 Å². The Bertz CT molecular complexity index is 1360. The van der Waals surface area contributed by atoms with Gasteiger partial charge in [0, 0.05) is 56.0 Å². The van der Waals surface area contributed by atoms with Crippen LogP contribution in [0.15, 0.2) is 54.6 Å². The summed E-state index contributed by atoms with van der Waals surface area (Å²) >= 11 is 0. The largest absolute Gasteiger partial charge is 0.338 e. The minimum Gasteiger partial charge on any atom is -0.338 e. The van der Waals surface area contributed by atoms with Crippen LogP contribution >= 0.6 is 0 Å². The van der Waals surface area contributed by atoms with Crippen molar-refractivity contribution in [1.29, 1.82) is 0 Å². The van der Waals surface area contributed by atoms with E-state index in [1.807, 2.05) is 15.9 Å². The number of nitrogens with zero attached hydrogens (tertiary/aromatic N) is 5. The Morgan fingerprint density at radius 3 is 1.62 bits per heavy atom. The lowest BCUT2D eigenvalue weighted by Crippen LogP contribution is -2.54. The number of rotatable bonds is 4. The molecule has 0 unspecified atom stereocenters. The summed E-state index contributed by atoms with van der Waals surface area (Å²) in [6, 6.07) is 18.9. The van der Waals surface area contributed by atoms with E-state index in [1.165, 1.54) is 16.2 Å². The molecule has 1 aromatic heterocycles. The van der Waals surface area contributed by atoms with Gasteiger partial charge in [0.05, 0.1) is 0 Å². The quantitative estimate of drug-likeness (QED) is 0.262. The summed E-state index contributed by atoms with van der Waals surface area (Å²) in [5.41, 5.74) is 26.0. The number of hydrogen-bond donors (Lipinski definition) is 5. The van der Waals surface area contributed by atoms with Crippen LogP contribution < -0.4 is 38.1 Å². The molecule has 4 aromatic rings. The molecule has 2 aliphatic heterocycles. The van der Waals surface area contributed by atoms with Gasteiger partial charge in [-0.25, -0.2) is 0 Å². The van der Waals surface area contributed by atoms with Gasteiger partial charge in [-0.3, -0.25) is 0 Å². The number of nitrogens with one attached hydrogen (secondary N) is 1. The minimum atomic E-state index is -0.0347. The molecule has 10 nitrogen and oxygen atoms in total. The first-order valence-corrected chi connectivity index (χ1v) is 12.9. The van der Waals surface area contributed by atoms with Crippen LogP contribution in [-0.4, -0.2) is 65.3 Å². The van der Waals surface area contributed by atoms with Gasteiger partial charge in [-0.05, 0) is 58.7 Å². The van der Waals surface area contributed by atoms with E-state index in [4.69, 9.17) is 37.9 Å². The van der Waals surface area contributed by atoms with Gasteiger partial charge in [-0.15, -0.1) is 0 Å². The molecule has 6 rings (SSSR count). The lowest BCUT2D eigenvalue weighted by molar-refractivity contribution is 0.441. The van der Waals surface area contributed by atoms with Gasteiger partial charge >= 0.3 is 0 Å². The van der Waals surface area contributed by atoms with Crippen LogP contribution in [0.1, 0.15) is 12.8 Å². The highest BCUT2D eigenvalue weighted by atomic mass is 15.4. The van der Waals surface area contributed by atoms with Crippen molar-refractivity contribution in [3.63, 3.8) is 0 Å². The van der Waals surface area contributed by atoms with Crippen molar-refractivity contribution in [2.24, 2.45) is 22.9 Å². The normalized spacial score (nSPS) is 24.5. The third-order valence-electron chi connectivity index (χ3n) is 7.17. The lowest BCUT2D eigenvalue weighted by atomic mass is 10.0. The lowest BCUT2D eigenvalue weighted by Gasteiger charge is -2.37. The molecule has 9 N–H and O–H groups in total. The predicted octanol–water partition coefficient (Wildman–Crippen LogP) is 1.65. The summed E-state index contributed by atoms with van der Waals surface area (Å²) in [4.78, 5) is 18.5. The first-order valence-electron chi connectivity index (χ1n) is 12.9. The van der Waals surface area contributed by atoms with Crippen molar-refractivity contribution >= 4 is 45.1 Å². The van der Waals surface area contributed by atoms with Gasteiger partial charge in [-0.2, -0.15) is 15.0 Å². The highest BCUT2D eigenvalue weighted by Gasteiger charge is 2.28. The van der Waals surface area contributed by atoms with E-state index in [2.05, 4.69) is 53.8 Å². The molecule has 2 aliphatic rings. The molecule has 4 atom stereocenters. The van der Waals surface area contributed by atoms with E-state index in [9.17, 15) is 0 Å². The summed E-state index contributed by atoms with van der Waals surface area (Å²) < 4.78 is 0. The second-order valence-corrected chi connectivity index (χ2v) is 10.5. The first-order chi connectivity index (χ1) is 17.9. The van der Waals surface area contributed by atoms with Gasteiger partial charge in [0.25, 0.3) is 0 Å². The maximum atomic E-state index is 6.27. The number of nitrogens with two attached hydrogens (primary N) is 4. The van der Waals surface area contributed by atoms with Crippen LogP contribution in [0.4, 0.5) is 23.5 Å². The van der Waals surface area contributed by atoms with Gasteiger partial charge in [-0.1, -0.05) is 30.3 Å². The maximum Gasteiger partial charge on any atom is 0.233 e. The zero-order valence-electron chi connectivity index (χ0n) is 20.8. The van der Waals surface area contributed by atoms with E-state index in [0.717, 1.165) is 23.9 Å².